The van der Waals surface area contributed by atoms with Gasteiger partial charge in [0.05, 0.1) is 28.7 Å². The Balaban J connectivity index is 1.14. The Morgan fingerprint density at radius 1 is 0.976 bits per heavy atom. The van der Waals surface area contributed by atoms with Gasteiger partial charge < -0.3 is 14.8 Å². The maximum absolute atomic E-state index is 13.2. The first-order valence-corrected chi connectivity index (χ1v) is 16.6. The molecule has 4 aromatic rings. The summed E-state index contributed by atoms with van der Waals surface area (Å²) < 4.78 is 39.1. The highest BCUT2D eigenvalue weighted by Gasteiger charge is 2.26. The van der Waals surface area contributed by atoms with Crippen molar-refractivity contribution in [2.45, 2.75) is 24.7 Å². The molecule has 11 heteroatoms. The number of anilines is 2. The second-order valence-corrected chi connectivity index (χ2v) is 13.5. The van der Waals surface area contributed by atoms with Gasteiger partial charge in [-0.15, -0.1) is 11.3 Å². The third-order valence-corrected chi connectivity index (χ3v) is 10.6. The van der Waals surface area contributed by atoms with Crippen molar-refractivity contribution >= 4 is 33.0 Å². The second kappa shape index (κ2) is 12.9. The quantitative estimate of drug-likeness (QED) is 0.256. The van der Waals surface area contributed by atoms with Gasteiger partial charge in [-0.25, -0.2) is 18.4 Å². The van der Waals surface area contributed by atoms with Gasteiger partial charge in [0, 0.05) is 36.4 Å². The SMILES string of the molecule is Cc1cnc(Nc2ccc(OCCN3CCCC3)cc2)nc1-c1ccc(-c2cccc(S(=O)(=O)N3CCOCC3)c2)s1. The molecular formula is C31H35N5O4S2. The molecule has 0 amide bonds. The van der Waals surface area contributed by atoms with Gasteiger partial charge in [-0.05, 0) is 92.5 Å². The zero-order valence-corrected chi connectivity index (χ0v) is 25.3. The highest BCUT2D eigenvalue weighted by molar-refractivity contribution is 7.89. The van der Waals surface area contributed by atoms with E-state index in [-0.39, 0.29) is 0 Å². The number of thiophene rings is 1. The van der Waals surface area contributed by atoms with Gasteiger partial charge in [0.25, 0.3) is 0 Å². The summed E-state index contributed by atoms with van der Waals surface area (Å²) >= 11 is 1.58. The Morgan fingerprint density at radius 2 is 1.74 bits per heavy atom. The van der Waals surface area contributed by atoms with E-state index in [0.29, 0.717) is 43.8 Å². The molecule has 220 valence electrons. The van der Waals surface area contributed by atoms with Crippen molar-refractivity contribution in [2.24, 2.45) is 0 Å². The van der Waals surface area contributed by atoms with Crippen LogP contribution in [0.4, 0.5) is 11.6 Å². The highest BCUT2D eigenvalue weighted by Crippen LogP contribution is 2.36. The molecule has 0 spiro atoms. The Bertz CT molecular complexity index is 1610. The number of sulfonamides is 1. The second-order valence-electron chi connectivity index (χ2n) is 10.5. The fraction of sp³-hybridized carbons (Fsp3) is 0.355. The summed E-state index contributed by atoms with van der Waals surface area (Å²) in [4.78, 5) is 14.0. The predicted molar refractivity (Wildman–Crippen MR) is 166 cm³/mol. The van der Waals surface area contributed by atoms with E-state index in [0.717, 1.165) is 44.6 Å². The molecule has 2 saturated heterocycles. The van der Waals surface area contributed by atoms with Crippen LogP contribution < -0.4 is 10.1 Å². The minimum Gasteiger partial charge on any atom is -0.492 e. The molecule has 0 atom stereocenters. The van der Waals surface area contributed by atoms with Crippen molar-refractivity contribution in [3.8, 4) is 26.8 Å². The molecule has 2 aliphatic heterocycles. The topological polar surface area (TPSA) is 96.9 Å². The van der Waals surface area contributed by atoms with Crippen LogP contribution in [-0.2, 0) is 14.8 Å². The van der Waals surface area contributed by atoms with Gasteiger partial charge in [0.1, 0.15) is 12.4 Å². The standard InChI is InChI=1S/C31H35N5O4S2/c1-23-22-32-31(33-25-7-9-26(10-8-25)40-20-15-35-13-2-3-14-35)34-30(23)29-12-11-28(41-29)24-5-4-6-27(21-24)42(37,38)36-16-18-39-19-17-36/h4-12,21-22H,2-3,13-20H2,1H3,(H,32,33,34). The Labute approximate surface area is 251 Å². The first-order valence-electron chi connectivity index (χ1n) is 14.3. The number of hydrogen-bond acceptors (Lipinski definition) is 9. The minimum absolute atomic E-state index is 0.296. The molecule has 6 rings (SSSR count). The number of nitrogens with one attached hydrogen (secondary N) is 1. The maximum Gasteiger partial charge on any atom is 0.243 e. The maximum atomic E-state index is 13.2. The van der Waals surface area contributed by atoms with Crippen molar-refractivity contribution < 1.29 is 17.9 Å². The van der Waals surface area contributed by atoms with Gasteiger partial charge in [0.2, 0.25) is 16.0 Å². The number of benzene rings is 2. The number of rotatable bonds is 10. The summed E-state index contributed by atoms with van der Waals surface area (Å²) in [5.74, 6) is 1.35. The van der Waals surface area contributed by atoms with Crippen LogP contribution in [0.3, 0.4) is 0 Å². The van der Waals surface area contributed by atoms with E-state index in [1.54, 1.807) is 29.5 Å². The van der Waals surface area contributed by atoms with Crippen LogP contribution in [0.5, 0.6) is 5.75 Å². The summed E-state index contributed by atoms with van der Waals surface area (Å²) in [5.41, 5.74) is 3.53. The lowest BCUT2D eigenvalue weighted by Gasteiger charge is -2.26. The van der Waals surface area contributed by atoms with Crippen LogP contribution >= 0.6 is 11.3 Å². The largest absolute Gasteiger partial charge is 0.492 e. The molecule has 4 heterocycles. The third-order valence-electron chi connectivity index (χ3n) is 7.52. The summed E-state index contributed by atoms with van der Waals surface area (Å²) in [6.07, 6.45) is 4.38. The van der Waals surface area contributed by atoms with E-state index in [1.807, 2.05) is 55.6 Å². The van der Waals surface area contributed by atoms with E-state index < -0.39 is 10.0 Å². The van der Waals surface area contributed by atoms with Crippen LogP contribution in [0, 0.1) is 6.92 Å². The van der Waals surface area contributed by atoms with Crippen molar-refractivity contribution in [3.63, 3.8) is 0 Å². The van der Waals surface area contributed by atoms with Gasteiger partial charge in [-0.2, -0.15) is 4.31 Å². The molecule has 2 fully saturated rings. The molecule has 2 aliphatic rings. The molecule has 9 nitrogen and oxygen atoms in total. The van der Waals surface area contributed by atoms with Crippen LogP contribution in [0.25, 0.3) is 21.0 Å². The van der Waals surface area contributed by atoms with E-state index in [2.05, 4.69) is 15.2 Å². The number of aryl methyl sites for hydroxylation is 1. The van der Waals surface area contributed by atoms with Crippen LogP contribution in [0.1, 0.15) is 18.4 Å². The molecule has 0 unspecified atom stereocenters. The smallest absolute Gasteiger partial charge is 0.243 e. The molecule has 2 aromatic carbocycles. The average molecular weight is 606 g/mol. The van der Waals surface area contributed by atoms with Gasteiger partial charge >= 0.3 is 0 Å². The average Bonchev–Trinajstić information content (AvgIpc) is 3.73. The lowest BCUT2D eigenvalue weighted by Crippen LogP contribution is -2.40. The van der Waals surface area contributed by atoms with Crippen molar-refractivity contribution in [3.05, 3.63) is 72.4 Å². The lowest BCUT2D eigenvalue weighted by atomic mass is 10.2. The van der Waals surface area contributed by atoms with E-state index in [4.69, 9.17) is 14.5 Å². The molecule has 0 aliphatic carbocycles. The number of hydrogen-bond donors (Lipinski definition) is 1. The fourth-order valence-electron chi connectivity index (χ4n) is 5.18. The zero-order chi connectivity index (χ0) is 28.9. The van der Waals surface area contributed by atoms with Crippen molar-refractivity contribution in [1.82, 2.24) is 19.2 Å². The summed E-state index contributed by atoms with van der Waals surface area (Å²) in [6.45, 7) is 7.56. The number of likely N-dealkylation sites (tertiary alicyclic amines) is 1. The first-order chi connectivity index (χ1) is 20.5. The molecule has 0 saturated carbocycles. The molecular weight excluding hydrogens is 571 g/mol. The Hall–Kier alpha value is -3.35. The van der Waals surface area contributed by atoms with Crippen LogP contribution in [0.2, 0.25) is 0 Å². The van der Waals surface area contributed by atoms with Gasteiger partial charge in [0.15, 0.2) is 0 Å². The van der Waals surface area contributed by atoms with Gasteiger partial charge in [-0.1, -0.05) is 12.1 Å². The number of aromatic nitrogens is 2. The number of nitrogens with zero attached hydrogens (tertiary/aromatic N) is 4. The Kier molecular flexibility index (Phi) is 8.82. The number of morpholine rings is 1. The molecule has 1 N–H and O–H groups in total. The molecule has 42 heavy (non-hydrogen) atoms. The highest BCUT2D eigenvalue weighted by atomic mass is 32.2. The monoisotopic (exact) mass is 605 g/mol. The predicted octanol–water partition coefficient (Wildman–Crippen LogP) is 5.42. The van der Waals surface area contributed by atoms with Gasteiger partial charge in [-0.3, -0.25) is 4.90 Å². The summed E-state index contributed by atoms with van der Waals surface area (Å²) in [5, 5.41) is 3.30. The lowest BCUT2D eigenvalue weighted by molar-refractivity contribution is 0.0730. The van der Waals surface area contributed by atoms with Crippen LogP contribution in [-0.4, -0.2) is 80.1 Å². The Morgan fingerprint density at radius 3 is 2.52 bits per heavy atom. The van der Waals surface area contributed by atoms with E-state index in [1.165, 1.54) is 30.2 Å². The van der Waals surface area contributed by atoms with Crippen LogP contribution in [0.15, 0.2) is 71.8 Å². The third kappa shape index (κ3) is 6.66. The summed E-state index contributed by atoms with van der Waals surface area (Å²) in [7, 11) is -3.57. The van der Waals surface area contributed by atoms with E-state index in [9.17, 15) is 8.42 Å². The molecule has 0 radical (unpaired) electrons. The van der Waals surface area contributed by atoms with Crippen molar-refractivity contribution in [1.29, 1.82) is 0 Å². The summed E-state index contributed by atoms with van der Waals surface area (Å²) in [6, 6.07) is 19.0. The molecule has 2 aromatic heterocycles. The van der Waals surface area contributed by atoms with E-state index >= 15 is 0 Å². The number of ether oxygens (including phenoxy) is 2. The first kappa shape index (κ1) is 28.8. The zero-order valence-electron chi connectivity index (χ0n) is 23.7. The minimum atomic E-state index is -3.57. The van der Waals surface area contributed by atoms with Crippen molar-refractivity contribution in [2.75, 3.05) is 57.9 Å². The molecule has 0 bridgehead atoms. The fourth-order valence-corrected chi connectivity index (χ4v) is 7.69. The normalized spacial score (nSPS) is 16.5.